The third-order valence-corrected chi connectivity index (χ3v) is 6.71. The minimum absolute atomic E-state index is 0.0573. The molecule has 1 amide bonds. The number of carbonyl (C=O) groups excluding carboxylic acids is 1. The van der Waals surface area contributed by atoms with E-state index in [1.54, 1.807) is 54.4 Å². The van der Waals surface area contributed by atoms with Crippen LogP contribution < -0.4 is 14.4 Å². The van der Waals surface area contributed by atoms with E-state index in [1.807, 2.05) is 44.2 Å². The smallest absolute Gasteiger partial charge is 0.261 e. The molecule has 0 spiro atoms. The molecule has 0 saturated carbocycles. The van der Waals surface area contributed by atoms with Crippen molar-refractivity contribution in [2.45, 2.75) is 18.7 Å². The Morgan fingerprint density at radius 1 is 0.935 bits per heavy atom. The quantitative estimate of drug-likeness (QED) is 0.652. The number of rotatable bonds is 4. The SMILES string of the molecule is CN1C(=O)C(C)(C)COc2cc(NS(=O)(=O)c3ccc(-c4ccccc4)cc3)ccc21. The first-order chi connectivity index (χ1) is 14.7. The van der Waals surface area contributed by atoms with Gasteiger partial charge in [0.05, 0.1) is 21.7 Å². The summed E-state index contributed by atoms with van der Waals surface area (Å²) in [6.07, 6.45) is 0. The molecule has 0 radical (unpaired) electrons. The summed E-state index contributed by atoms with van der Waals surface area (Å²) in [7, 11) is -2.09. The lowest BCUT2D eigenvalue weighted by Crippen LogP contribution is -2.39. The highest BCUT2D eigenvalue weighted by molar-refractivity contribution is 7.92. The standard InChI is InChI=1S/C24H24N2O4S/c1-24(2)16-30-22-15-19(11-14-21(22)26(3)23(24)27)25-31(28,29)20-12-9-18(10-13-20)17-7-5-4-6-8-17/h4-15,25H,16H2,1-3H3. The average molecular weight is 437 g/mol. The molecule has 0 aromatic heterocycles. The van der Waals surface area contributed by atoms with E-state index in [-0.39, 0.29) is 17.4 Å². The van der Waals surface area contributed by atoms with Crippen LogP contribution in [-0.4, -0.2) is 28.0 Å². The van der Waals surface area contributed by atoms with Crippen molar-refractivity contribution in [1.29, 1.82) is 0 Å². The number of carbonyl (C=O) groups is 1. The Balaban J connectivity index is 1.58. The van der Waals surface area contributed by atoms with Crippen LogP contribution >= 0.6 is 0 Å². The number of ether oxygens (including phenoxy) is 1. The fourth-order valence-electron chi connectivity index (χ4n) is 3.52. The van der Waals surface area contributed by atoms with Crippen molar-refractivity contribution in [3.05, 3.63) is 72.8 Å². The molecular formula is C24H24N2O4S. The van der Waals surface area contributed by atoms with Gasteiger partial charge < -0.3 is 9.64 Å². The second kappa shape index (κ2) is 7.74. The maximum atomic E-state index is 12.9. The van der Waals surface area contributed by atoms with Gasteiger partial charge in [0.25, 0.3) is 10.0 Å². The normalized spacial score (nSPS) is 15.6. The highest BCUT2D eigenvalue weighted by Crippen LogP contribution is 2.37. The van der Waals surface area contributed by atoms with Crippen molar-refractivity contribution in [2.24, 2.45) is 5.41 Å². The van der Waals surface area contributed by atoms with Gasteiger partial charge in [-0.15, -0.1) is 0 Å². The van der Waals surface area contributed by atoms with Crippen molar-refractivity contribution >= 4 is 27.3 Å². The summed E-state index contributed by atoms with van der Waals surface area (Å²) in [6.45, 7) is 3.85. The first kappa shape index (κ1) is 20.9. The summed E-state index contributed by atoms with van der Waals surface area (Å²) in [5, 5.41) is 0. The predicted octanol–water partition coefficient (Wildman–Crippen LogP) is 4.54. The van der Waals surface area contributed by atoms with E-state index in [2.05, 4.69) is 4.72 Å². The second-order valence-corrected chi connectivity index (χ2v) is 9.90. The number of fused-ring (bicyclic) bond motifs is 1. The topological polar surface area (TPSA) is 75.7 Å². The van der Waals surface area contributed by atoms with Gasteiger partial charge in [0, 0.05) is 13.1 Å². The first-order valence-corrected chi connectivity index (χ1v) is 11.4. The van der Waals surface area contributed by atoms with Crippen LogP contribution in [-0.2, 0) is 14.8 Å². The van der Waals surface area contributed by atoms with Gasteiger partial charge >= 0.3 is 0 Å². The number of amides is 1. The van der Waals surface area contributed by atoms with Crippen LogP contribution in [0.4, 0.5) is 11.4 Å². The van der Waals surface area contributed by atoms with E-state index >= 15 is 0 Å². The van der Waals surface area contributed by atoms with E-state index in [0.717, 1.165) is 11.1 Å². The summed E-state index contributed by atoms with van der Waals surface area (Å²) in [6, 6.07) is 21.4. The minimum Gasteiger partial charge on any atom is -0.490 e. The molecule has 6 nitrogen and oxygen atoms in total. The molecular weight excluding hydrogens is 412 g/mol. The minimum atomic E-state index is -3.78. The average Bonchev–Trinajstić information content (AvgIpc) is 2.84. The molecule has 1 aliphatic rings. The van der Waals surface area contributed by atoms with Crippen molar-refractivity contribution in [3.8, 4) is 16.9 Å². The van der Waals surface area contributed by atoms with E-state index in [4.69, 9.17) is 4.74 Å². The highest BCUT2D eigenvalue weighted by Gasteiger charge is 2.36. The molecule has 31 heavy (non-hydrogen) atoms. The van der Waals surface area contributed by atoms with Gasteiger partial charge in [0.1, 0.15) is 12.4 Å². The summed E-state index contributed by atoms with van der Waals surface area (Å²) in [4.78, 5) is 14.3. The van der Waals surface area contributed by atoms with Crippen LogP contribution in [0.5, 0.6) is 5.75 Å². The fraction of sp³-hybridized carbons (Fsp3) is 0.208. The molecule has 1 heterocycles. The molecule has 1 N–H and O–H groups in total. The first-order valence-electron chi connectivity index (χ1n) is 9.91. The Labute approximate surface area is 182 Å². The molecule has 0 unspecified atom stereocenters. The Morgan fingerprint density at radius 2 is 1.58 bits per heavy atom. The Morgan fingerprint density at radius 3 is 2.26 bits per heavy atom. The lowest BCUT2D eigenvalue weighted by molar-refractivity contribution is -0.127. The zero-order chi connectivity index (χ0) is 22.2. The summed E-state index contributed by atoms with van der Waals surface area (Å²) < 4.78 is 34.2. The monoisotopic (exact) mass is 436 g/mol. The lowest BCUT2D eigenvalue weighted by Gasteiger charge is -2.24. The van der Waals surface area contributed by atoms with Crippen molar-refractivity contribution in [3.63, 3.8) is 0 Å². The maximum Gasteiger partial charge on any atom is 0.261 e. The predicted molar refractivity (Wildman–Crippen MR) is 122 cm³/mol. The van der Waals surface area contributed by atoms with Crippen LogP contribution in [0.2, 0.25) is 0 Å². The van der Waals surface area contributed by atoms with Gasteiger partial charge in [-0.2, -0.15) is 0 Å². The zero-order valence-corrected chi connectivity index (χ0v) is 18.4. The van der Waals surface area contributed by atoms with Gasteiger partial charge in [0.2, 0.25) is 5.91 Å². The lowest BCUT2D eigenvalue weighted by atomic mass is 9.93. The number of benzene rings is 3. The van der Waals surface area contributed by atoms with Gasteiger partial charge in [-0.25, -0.2) is 8.42 Å². The molecule has 3 aromatic rings. The number of anilines is 2. The molecule has 3 aromatic carbocycles. The van der Waals surface area contributed by atoms with Crippen LogP contribution in [0, 0.1) is 5.41 Å². The molecule has 0 aliphatic carbocycles. The van der Waals surface area contributed by atoms with Gasteiger partial charge in [-0.3, -0.25) is 9.52 Å². The number of hydrogen-bond acceptors (Lipinski definition) is 4. The number of nitrogens with zero attached hydrogens (tertiary/aromatic N) is 1. The molecule has 1 aliphatic heterocycles. The molecule has 0 bridgehead atoms. The third-order valence-electron chi connectivity index (χ3n) is 5.32. The van der Waals surface area contributed by atoms with E-state index < -0.39 is 15.4 Å². The van der Waals surface area contributed by atoms with Gasteiger partial charge in [0.15, 0.2) is 0 Å². The summed E-state index contributed by atoms with van der Waals surface area (Å²) >= 11 is 0. The van der Waals surface area contributed by atoms with Crippen LogP contribution in [0.25, 0.3) is 11.1 Å². The van der Waals surface area contributed by atoms with Crippen molar-refractivity contribution in [1.82, 2.24) is 0 Å². The Hall–Kier alpha value is -3.32. The van der Waals surface area contributed by atoms with E-state index in [1.165, 1.54) is 0 Å². The van der Waals surface area contributed by atoms with Crippen LogP contribution in [0.15, 0.2) is 77.7 Å². The van der Waals surface area contributed by atoms with Crippen molar-refractivity contribution in [2.75, 3.05) is 23.3 Å². The van der Waals surface area contributed by atoms with Gasteiger partial charge in [-0.1, -0.05) is 42.5 Å². The van der Waals surface area contributed by atoms with E-state index in [9.17, 15) is 13.2 Å². The number of hydrogen-bond donors (Lipinski definition) is 1. The summed E-state index contributed by atoms with van der Waals surface area (Å²) in [5.41, 5.74) is 2.25. The zero-order valence-electron chi connectivity index (χ0n) is 17.6. The molecule has 160 valence electrons. The Kier molecular flexibility index (Phi) is 5.23. The summed E-state index contributed by atoms with van der Waals surface area (Å²) in [5.74, 6) is 0.402. The molecule has 7 heteroatoms. The highest BCUT2D eigenvalue weighted by atomic mass is 32.2. The largest absolute Gasteiger partial charge is 0.490 e. The van der Waals surface area contributed by atoms with Crippen molar-refractivity contribution < 1.29 is 17.9 Å². The fourth-order valence-corrected chi connectivity index (χ4v) is 4.57. The third kappa shape index (κ3) is 4.14. The second-order valence-electron chi connectivity index (χ2n) is 8.22. The Bertz CT molecular complexity index is 1220. The molecule has 0 saturated heterocycles. The van der Waals surface area contributed by atoms with Crippen LogP contribution in [0.3, 0.4) is 0 Å². The molecule has 0 atom stereocenters. The van der Waals surface area contributed by atoms with Gasteiger partial charge in [-0.05, 0) is 49.2 Å². The maximum absolute atomic E-state index is 12.9. The number of nitrogens with one attached hydrogen (secondary N) is 1. The molecule has 0 fully saturated rings. The van der Waals surface area contributed by atoms with E-state index in [0.29, 0.717) is 17.1 Å². The molecule has 4 rings (SSSR count). The van der Waals surface area contributed by atoms with Crippen LogP contribution in [0.1, 0.15) is 13.8 Å². The number of sulfonamides is 1.